The Balaban J connectivity index is 1.71. The molecule has 2 aromatic heterocycles. The van der Waals surface area contributed by atoms with Gasteiger partial charge in [-0.15, -0.1) is 5.10 Å². The first-order valence-electron chi connectivity index (χ1n) is 9.36. The number of carbonyl (C=O) groups is 1. The topological polar surface area (TPSA) is 89.9 Å². The van der Waals surface area contributed by atoms with E-state index in [9.17, 15) is 4.79 Å². The number of pyridine rings is 1. The summed E-state index contributed by atoms with van der Waals surface area (Å²) in [6.45, 7) is 5.28. The van der Waals surface area contributed by atoms with E-state index in [-0.39, 0.29) is 11.9 Å². The second-order valence-corrected chi connectivity index (χ2v) is 7.33. The molecule has 2 unspecified atom stereocenters. The smallest absolute Gasteiger partial charge is 0.276 e. The Morgan fingerprint density at radius 3 is 3.00 bits per heavy atom. The Morgan fingerprint density at radius 2 is 2.19 bits per heavy atom. The molecule has 7 nitrogen and oxygen atoms in total. The molecule has 7 heteroatoms. The SMILES string of the molecule is Cc1c(C(=O)N2CCC(C)CC2CN)nnn1-c1cccc2cnccc12. The molecule has 0 spiro atoms. The van der Waals surface area contributed by atoms with Crippen molar-refractivity contribution in [2.24, 2.45) is 11.7 Å². The van der Waals surface area contributed by atoms with Crippen LogP contribution >= 0.6 is 0 Å². The highest BCUT2D eigenvalue weighted by Crippen LogP contribution is 2.26. The molecule has 1 aliphatic rings. The number of piperidine rings is 1. The number of benzene rings is 1. The molecule has 0 saturated carbocycles. The average Bonchev–Trinajstić information content (AvgIpc) is 3.08. The van der Waals surface area contributed by atoms with Gasteiger partial charge in [-0.25, -0.2) is 4.68 Å². The molecule has 1 fully saturated rings. The zero-order valence-electron chi connectivity index (χ0n) is 15.7. The van der Waals surface area contributed by atoms with Gasteiger partial charge >= 0.3 is 0 Å². The summed E-state index contributed by atoms with van der Waals surface area (Å²) in [6.07, 6.45) is 5.50. The number of fused-ring (bicyclic) bond motifs is 1. The molecule has 1 aliphatic heterocycles. The highest BCUT2D eigenvalue weighted by Gasteiger charge is 2.32. The van der Waals surface area contributed by atoms with Gasteiger partial charge in [-0.3, -0.25) is 9.78 Å². The van der Waals surface area contributed by atoms with Crippen LogP contribution in [0.4, 0.5) is 0 Å². The number of amides is 1. The van der Waals surface area contributed by atoms with Gasteiger partial charge in [0, 0.05) is 42.3 Å². The first kappa shape index (κ1) is 17.6. The van der Waals surface area contributed by atoms with Crippen LogP contribution in [-0.2, 0) is 0 Å². The van der Waals surface area contributed by atoms with Gasteiger partial charge in [0.05, 0.1) is 11.4 Å². The van der Waals surface area contributed by atoms with E-state index in [4.69, 9.17) is 5.73 Å². The van der Waals surface area contributed by atoms with E-state index in [0.29, 0.717) is 24.7 Å². The normalized spacial score (nSPS) is 20.2. The van der Waals surface area contributed by atoms with E-state index in [1.807, 2.05) is 42.3 Å². The van der Waals surface area contributed by atoms with Gasteiger partial charge in [-0.1, -0.05) is 24.3 Å². The van der Waals surface area contributed by atoms with Crippen LogP contribution in [0.2, 0.25) is 0 Å². The Labute approximate surface area is 158 Å². The minimum absolute atomic E-state index is 0.0643. The van der Waals surface area contributed by atoms with Crippen molar-refractivity contribution in [3.8, 4) is 5.69 Å². The molecular weight excluding hydrogens is 340 g/mol. The van der Waals surface area contributed by atoms with Crippen LogP contribution < -0.4 is 5.73 Å². The predicted octanol–water partition coefficient (Wildman–Crippen LogP) is 2.32. The molecule has 0 radical (unpaired) electrons. The minimum Gasteiger partial charge on any atom is -0.333 e. The van der Waals surface area contributed by atoms with E-state index >= 15 is 0 Å². The van der Waals surface area contributed by atoms with Crippen LogP contribution in [0.1, 0.15) is 35.9 Å². The summed E-state index contributed by atoms with van der Waals surface area (Å²) in [7, 11) is 0. The van der Waals surface area contributed by atoms with Crippen LogP contribution in [0.15, 0.2) is 36.7 Å². The first-order valence-corrected chi connectivity index (χ1v) is 9.36. The summed E-state index contributed by atoms with van der Waals surface area (Å²) in [5.41, 5.74) is 7.95. The summed E-state index contributed by atoms with van der Waals surface area (Å²) in [5, 5.41) is 10.6. The maximum absolute atomic E-state index is 13.1. The van der Waals surface area contributed by atoms with Crippen LogP contribution in [0.5, 0.6) is 0 Å². The summed E-state index contributed by atoms with van der Waals surface area (Å²) in [5.74, 6) is 0.506. The maximum Gasteiger partial charge on any atom is 0.276 e. The van der Waals surface area contributed by atoms with Crippen LogP contribution in [0, 0.1) is 12.8 Å². The van der Waals surface area contributed by atoms with E-state index in [1.165, 1.54) is 0 Å². The molecule has 0 bridgehead atoms. The lowest BCUT2D eigenvalue weighted by molar-refractivity contribution is 0.0566. The molecule has 140 valence electrons. The number of rotatable bonds is 3. The van der Waals surface area contributed by atoms with Gasteiger partial charge in [0.25, 0.3) is 5.91 Å². The van der Waals surface area contributed by atoms with Gasteiger partial charge in [0.2, 0.25) is 0 Å². The van der Waals surface area contributed by atoms with Gasteiger partial charge in [0.1, 0.15) is 0 Å². The first-order chi connectivity index (χ1) is 13.1. The summed E-state index contributed by atoms with van der Waals surface area (Å²) in [6, 6.07) is 7.95. The van der Waals surface area contributed by atoms with Crippen molar-refractivity contribution in [1.29, 1.82) is 0 Å². The van der Waals surface area contributed by atoms with Crippen LogP contribution in [0.3, 0.4) is 0 Å². The Kier molecular flexibility index (Phi) is 4.61. The van der Waals surface area contributed by atoms with Crippen molar-refractivity contribution in [2.75, 3.05) is 13.1 Å². The van der Waals surface area contributed by atoms with Crippen LogP contribution in [-0.4, -0.2) is 49.9 Å². The second-order valence-electron chi connectivity index (χ2n) is 7.33. The molecule has 3 aromatic rings. The third kappa shape index (κ3) is 3.08. The zero-order valence-corrected chi connectivity index (χ0v) is 15.7. The molecule has 1 aromatic carbocycles. The monoisotopic (exact) mass is 364 g/mol. The third-order valence-corrected chi connectivity index (χ3v) is 5.49. The maximum atomic E-state index is 13.1. The largest absolute Gasteiger partial charge is 0.333 e. The molecule has 1 saturated heterocycles. The molecule has 4 rings (SSSR count). The van der Waals surface area contributed by atoms with Gasteiger partial charge in [-0.2, -0.15) is 0 Å². The van der Waals surface area contributed by atoms with Gasteiger partial charge in [-0.05, 0) is 37.8 Å². The molecule has 2 N–H and O–H groups in total. The van der Waals surface area contributed by atoms with Crippen molar-refractivity contribution < 1.29 is 4.79 Å². The van der Waals surface area contributed by atoms with Crippen molar-refractivity contribution in [2.45, 2.75) is 32.7 Å². The van der Waals surface area contributed by atoms with Gasteiger partial charge in [0.15, 0.2) is 5.69 Å². The number of hydrogen-bond acceptors (Lipinski definition) is 5. The van der Waals surface area contributed by atoms with Crippen molar-refractivity contribution in [3.05, 3.63) is 48.0 Å². The summed E-state index contributed by atoms with van der Waals surface area (Å²) >= 11 is 0. The molecule has 27 heavy (non-hydrogen) atoms. The van der Waals surface area contributed by atoms with E-state index in [0.717, 1.165) is 35.0 Å². The predicted molar refractivity (Wildman–Crippen MR) is 104 cm³/mol. The standard InChI is InChI=1S/C20H24N6O/c1-13-7-9-25(16(10-13)11-21)20(27)19-14(2)26(24-23-19)18-5-3-4-15-12-22-8-6-17(15)18/h3-6,8,12-13,16H,7,9-11,21H2,1-2H3. The number of nitrogens with zero attached hydrogens (tertiary/aromatic N) is 5. The van der Waals surface area contributed by atoms with E-state index in [1.54, 1.807) is 10.9 Å². The van der Waals surface area contributed by atoms with Crippen molar-refractivity contribution in [3.63, 3.8) is 0 Å². The number of nitrogens with two attached hydrogens (primary N) is 1. The molecule has 2 atom stereocenters. The minimum atomic E-state index is -0.0806. The fourth-order valence-electron chi connectivity index (χ4n) is 3.92. The average molecular weight is 364 g/mol. The lowest BCUT2D eigenvalue weighted by Crippen LogP contribution is -2.49. The Bertz CT molecular complexity index is 976. The lowest BCUT2D eigenvalue weighted by atomic mass is 9.92. The summed E-state index contributed by atoms with van der Waals surface area (Å²) < 4.78 is 1.74. The van der Waals surface area contributed by atoms with Crippen molar-refractivity contribution in [1.82, 2.24) is 24.9 Å². The molecule has 3 heterocycles. The number of hydrogen-bond donors (Lipinski definition) is 1. The molecule has 0 aliphatic carbocycles. The van der Waals surface area contributed by atoms with Gasteiger partial charge < -0.3 is 10.6 Å². The third-order valence-electron chi connectivity index (χ3n) is 5.49. The fraction of sp³-hybridized carbons (Fsp3) is 0.400. The van der Waals surface area contributed by atoms with E-state index in [2.05, 4.69) is 22.2 Å². The lowest BCUT2D eigenvalue weighted by Gasteiger charge is -2.37. The number of aromatic nitrogens is 4. The van der Waals surface area contributed by atoms with Crippen LogP contribution in [0.25, 0.3) is 16.5 Å². The highest BCUT2D eigenvalue weighted by atomic mass is 16.2. The Morgan fingerprint density at radius 1 is 1.33 bits per heavy atom. The van der Waals surface area contributed by atoms with Crippen molar-refractivity contribution >= 4 is 16.7 Å². The number of carbonyl (C=O) groups excluding carboxylic acids is 1. The molecular formula is C20H24N6O. The van der Waals surface area contributed by atoms with E-state index < -0.39 is 0 Å². The number of likely N-dealkylation sites (tertiary alicyclic amines) is 1. The molecule has 1 amide bonds. The quantitative estimate of drug-likeness (QED) is 0.770. The highest BCUT2D eigenvalue weighted by molar-refractivity contribution is 5.94. The summed E-state index contributed by atoms with van der Waals surface area (Å²) in [4.78, 5) is 19.2. The zero-order chi connectivity index (χ0) is 19.0. The second kappa shape index (κ2) is 7.08. The fourth-order valence-corrected chi connectivity index (χ4v) is 3.92. The Hall–Kier alpha value is -2.80.